The maximum absolute atomic E-state index is 2.69. The van der Waals surface area contributed by atoms with Gasteiger partial charge in [-0.05, 0) is 38.1 Å². The minimum atomic E-state index is 0.890. The fourth-order valence-electron chi connectivity index (χ4n) is 2.32. The molecule has 1 heteroatoms. The summed E-state index contributed by atoms with van der Waals surface area (Å²) in [5.41, 5.74) is 0. The van der Waals surface area contributed by atoms with E-state index in [2.05, 4.69) is 25.7 Å². The first-order valence-corrected chi connectivity index (χ1v) is 8.52. The van der Waals surface area contributed by atoms with Crippen molar-refractivity contribution in [3.63, 3.8) is 0 Å². The highest BCUT2D eigenvalue weighted by molar-refractivity contribution is 4.78. The van der Waals surface area contributed by atoms with Crippen LogP contribution in [0.4, 0.5) is 0 Å². The predicted molar refractivity (Wildman–Crippen MR) is 88.4 cm³/mol. The van der Waals surface area contributed by atoms with E-state index < -0.39 is 0 Å². The zero-order valence-electron chi connectivity index (χ0n) is 14.8. The van der Waals surface area contributed by atoms with Gasteiger partial charge in [0.15, 0.2) is 0 Å². The van der Waals surface area contributed by atoms with Crippen molar-refractivity contribution in [3.8, 4) is 0 Å². The summed E-state index contributed by atoms with van der Waals surface area (Å²) in [7, 11) is 0. The van der Waals surface area contributed by atoms with E-state index in [0.29, 0.717) is 0 Å². The quantitative estimate of drug-likeness (QED) is 0.602. The van der Waals surface area contributed by atoms with Crippen LogP contribution in [0.5, 0.6) is 0 Å². The molecule has 0 saturated carbocycles. The summed E-state index contributed by atoms with van der Waals surface area (Å²) in [5.74, 6) is 0.930. The lowest BCUT2D eigenvalue weighted by Crippen LogP contribution is -2.42. The van der Waals surface area contributed by atoms with Crippen molar-refractivity contribution in [1.29, 1.82) is 0 Å². The van der Waals surface area contributed by atoms with Crippen molar-refractivity contribution in [2.75, 3.05) is 13.1 Å². The Morgan fingerprint density at radius 1 is 0.889 bits per heavy atom. The molecule has 0 aromatic carbocycles. The Bertz CT molecular complexity index is 123. The van der Waals surface area contributed by atoms with Gasteiger partial charge in [0.2, 0.25) is 0 Å². The first-order valence-electron chi connectivity index (χ1n) is 8.52. The molecule has 0 aromatic heterocycles. The van der Waals surface area contributed by atoms with Gasteiger partial charge < -0.3 is 4.90 Å². The van der Waals surface area contributed by atoms with Gasteiger partial charge >= 0.3 is 0 Å². The van der Waals surface area contributed by atoms with E-state index in [-0.39, 0.29) is 0 Å². The van der Waals surface area contributed by atoms with Gasteiger partial charge in [-0.25, -0.2) is 0 Å². The van der Waals surface area contributed by atoms with Gasteiger partial charge in [0.05, 0.1) is 0 Å². The number of piperidine rings is 1. The van der Waals surface area contributed by atoms with E-state index in [9.17, 15) is 0 Å². The number of nitrogens with zero attached hydrogens (tertiary/aromatic N) is 1. The van der Waals surface area contributed by atoms with E-state index in [4.69, 9.17) is 0 Å². The van der Waals surface area contributed by atoms with E-state index in [1.54, 1.807) is 0 Å². The Morgan fingerprint density at radius 2 is 1.39 bits per heavy atom. The van der Waals surface area contributed by atoms with E-state index in [1.165, 1.54) is 38.8 Å². The molecule has 114 valence electrons. The lowest BCUT2D eigenvalue weighted by molar-refractivity contribution is 0.111. The Balaban J connectivity index is -0.000000328. The van der Waals surface area contributed by atoms with Gasteiger partial charge in [0, 0.05) is 12.6 Å². The monoisotopic (exact) mass is 259 g/mol. The van der Waals surface area contributed by atoms with Crippen LogP contribution in [0.1, 0.15) is 88.0 Å². The van der Waals surface area contributed by atoms with Crippen LogP contribution in [0.3, 0.4) is 0 Å². The molecule has 1 heterocycles. The first-order chi connectivity index (χ1) is 8.77. The topological polar surface area (TPSA) is 3.24 Å². The Kier molecular flexibility index (Phi) is 24.8. The molecule has 0 aromatic rings. The summed E-state index contributed by atoms with van der Waals surface area (Å²) >= 11 is 0. The number of likely N-dealkylation sites (tertiary alicyclic amines) is 1. The maximum Gasteiger partial charge on any atom is 0.00928 e. The zero-order chi connectivity index (χ0) is 15.0. The zero-order valence-corrected chi connectivity index (χ0v) is 14.8. The Morgan fingerprint density at radius 3 is 1.78 bits per heavy atom. The van der Waals surface area contributed by atoms with Crippen LogP contribution in [0.15, 0.2) is 0 Å². The lowest BCUT2D eigenvalue weighted by Gasteiger charge is -2.38. The average molecular weight is 260 g/mol. The number of hydrogen-bond donors (Lipinski definition) is 0. The molecule has 1 rings (SSSR count). The van der Waals surface area contributed by atoms with Gasteiger partial charge in [-0.2, -0.15) is 0 Å². The van der Waals surface area contributed by atoms with Crippen molar-refractivity contribution in [1.82, 2.24) is 4.90 Å². The van der Waals surface area contributed by atoms with Crippen molar-refractivity contribution >= 4 is 0 Å². The third kappa shape index (κ3) is 11.1. The maximum atomic E-state index is 2.69. The highest BCUT2D eigenvalue weighted by Gasteiger charge is 2.23. The molecule has 1 saturated heterocycles. The SMILES string of the molecule is CC.CC.CC.CCCN1CC(C)CCC1CC. The minimum Gasteiger partial charge on any atom is -0.300 e. The smallest absolute Gasteiger partial charge is 0.00928 e. The first kappa shape index (κ1) is 23.1. The Hall–Kier alpha value is -0.0400. The van der Waals surface area contributed by atoms with Crippen LogP contribution in [0, 0.1) is 5.92 Å². The highest BCUT2D eigenvalue weighted by Crippen LogP contribution is 2.23. The second-order valence-electron chi connectivity index (χ2n) is 4.24. The normalized spacial score (nSPS) is 22.5. The molecule has 0 spiro atoms. The lowest BCUT2D eigenvalue weighted by atomic mass is 9.93. The molecule has 1 nitrogen and oxygen atoms in total. The molecule has 0 amide bonds. The molecular weight excluding hydrogens is 218 g/mol. The van der Waals surface area contributed by atoms with Crippen molar-refractivity contribution in [2.45, 2.75) is 94.0 Å². The van der Waals surface area contributed by atoms with Crippen LogP contribution in [0.25, 0.3) is 0 Å². The van der Waals surface area contributed by atoms with Crippen LogP contribution in [-0.4, -0.2) is 24.0 Å². The summed E-state index contributed by atoms with van der Waals surface area (Å²) in [6.07, 6.45) is 5.52. The van der Waals surface area contributed by atoms with Crippen LogP contribution < -0.4 is 0 Å². The van der Waals surface area contributed by atoms with Crippen LogP contribution in [0.2, 0.25) is 0 Å². The molecule has 0 bridgehead atoms. The fourth-order valence-corrected chi connectivity index (χ4v) is 2.32. The van der Waals surface area contributed by atoms with Gasteiger partial charge in [-0.3, -0.25) is 0 Å². The third-order valence-electron chi connectivity index (χ3n) is 3.04. The largest absolute Gasteiger partial charge is 0.300 e. The summed E-state index contributed by atoms with van der Waals surface area (Å²) in [6.45, 7) is 21.6. The predicted octanol–water partition coefficient (Wildman–Crippen LogP) is 5.99. The minimum absolute atomic E-state index is 0.890. The summed E-state index contributed by atoms with van der Waals surface area (Å²) in [4.78, 5) is 2.69. The van der Waals surface area contributed by atoms with E-state index >= 15 is 0 Å². The highest BCUT2D eigenvalue weighted by atomic mass is 15.2. The molecule has 2 unspecified atom stereocenters. The summed E-state index contributed by atoms with van der Waals surface area (Å²) in [5, 5.41) is 0. The number of rotatable bonds is 3. The van der Waals surface area contributed by atoms with Crippen LogP contribution >= 0.6 is 0 Å². The number of hydrogen-bond acceptors (Lipinski definition) is 1. The van der Waals surface area contributed by atoms with Crippen molar-refractivity contribution in [3.05, 3.63) is 0 Å². The molecule has 1 aliphatic rings. The molecule has 0 aliphatic carbocycles. The van der Waals surface area contributed by atoms with E-state index in [0.717, 1.165) is 12.0 Å². The van der Waals surface area contributed by atoms with Crippen molar-refractivity contribution in [2.24, 2.45) is 5.92 Å². The van der Waals surface area contributed by atoms with Crippen LogP contribution in [-0.2, 0) is 0 Å². The van der Waals surface area contributed by atoms with Gasteiger partial charge in [0.25, 0.3) is 0 Å². The molecular formula is C17H41N. The molecule has 2 atom stereocenters. The standard InChI is InChI=1S/C11H23N.3C2H6/c1-4-8-12-9-10(3)6-7-11(12)5-2;3*1-2/h10-11H,4-9H2,1-3H3;3*1-2H3. The Labute approximate surface area is 118 Å². The fraction of sp³-hybridized carbons (Fsp3) is 1.00. The molecule has 0 N–H and O–H groups in total. The van der Waals surface area contributed by atoms with E-state index in [1.807, 2.05) is 41.5 Å². The second-order valence-corrected chi connectivity index (χ2v) is 4.24. The molecule has 1 aliphatic heterocycles. The molecule has 1 fully saturated rings. The van der Waals surface area contributed by atoms with Gasteiger partial charge in [-0.1, -0.05) is 62.3 Å². The molecule has 0 radical (unpaired) electrons. The average Bonchev–Trinajstić information content (AvgIpc) is 2.46. The van der Waals surface area contributed by atoms with Gasteiger partial charge in [0.1, 0.15) is 0 Å². The summed E-state index contributed by atoms with van der Waals surface area (Å²) < 4.78 is 0. The summed E-state index contributed by atoms with van der Waals surface area (Å²) in [6, 6.07) is 0.890. The van der Waals surface area contributed by atoms with Crippen molar-refractivity contribution < 1.29 is 0 Å². The second kappa shape index (κ2) is 19.3. The third-order valence-corrected chi connectivity index (χ3v) is 3.04. The van der Waals surface area contributed by atoms with Gasteiger partial charge in [-0.15, -0.1) is 0 Å². The molecule has 18 heavy (non-hydrogen) atoms.